The molecule has 1 N–H and O–H groups in total. The van der Waals surface area contributed by atoms with Gasteiger partial charge in [-0.15, -0.1) is 0 Å². The summed E-state index contributed by atoms with van der Waals surface area (Å²) in [6.45, 7) is 0.236. The minimum absolute atomic E-state index is 0.0392. The molecule has 1 aromatic carbocycles. The molecule has 0 heterocycles. The highest BCUT2D eigenvalue weighted by Gasteiger charge is 2.04. The summed E-state index contributed by atoms with van der Waals surface area (Å²) in [7, 11) is 0. The van der Waals surface area contributed by atoms with Gasteiger partial charge in [-0.3, -0.25) is 0 Å². The van der Waals surface area contributed by atoms with Crippen molar-refractivity contribution in [2.45, 2.75) is 6.61 Å². The predicted octanol–water partition coefficient (Wildman–Crippen LogP) is 3.80. The molecule has 0 radical (unpaired) electrons. The highest BCUT2D eigenvalue weighted by Crippen LogP contribution is 2.16. The van der Waals surface area contributed by atoms with Crippen molar-refractivity contribution in [2.24, 2.45) is 0 Å². The third-order valence-corrected chi connectivity index (χ3v) is 2.78. The van der Waals surface area contributed by atoms with Crippen LogP contribution in [0.4, 0.5) is 4.79 Å². The molecule has 0 saturated heterocycles. The summed E-state index contributed by atoms with van der Waals surface area (Å²) in [6, 6.07) is 9.33. The van der Waals surface area contributed by atoms with E-state index < -0.39 is 6.09 Å². The highest BCUT2D eigenvalue weighted by atomic mass is 35.5. The first-order chi connectivity index (χ1) is 8.09. The van der Waals surface area contributed by atoms with Crippen molar-refractivity contribution in [3.05, 3.63) is 45.4 Å². The van der Waals surface area contributed by atoms with E-state index in [-0.39, 0.29) is 22.7 Å². The number of hydrogen-bond donors (Lipinski definition) is 1. The number of ether oxygens (including phenoxy) is 1. The minimum Gasteiger partial charge on any atom is -0.445 e. The Morgan fingerprint density at radius 1 is 1.18 bits per heavy atom. The number of benzene rings is 1. The zero-order valence-corrected chi connectivity index (χ0v) is 11.0. The van der Waals surface area contributed by atoms with Gasteiger partial charge in [-0.1, -0.05) is 65.1 Å². The van der Waals surface area contributed by atoms with Crippen LogP contribution in [0, 0.1) is 0 Å². The Hall–Kier alpha value is -0.900. The maximum Gasteiger partial charge on any atom is 0.407 e. The van der Waals surface area contributed by atoms with Crippen molar-refractivity contribution in [3.63, 3.8) is 0 Å². The third kappa shape index (κ3) is 5.82. The predicted molar refractivity (Wildman–Crippen MR) is 69.2 cm³/mol. The molecule has 0 fully saturated rings. The summed E-state index contributed by atoms with van der Waals surface area (Å²) in [5.41, 5.74) is 0.902. The Kier molecular flexibility index (Phi) is 6.19. The zero-order chi connectivity index (χ0) is 12.7. The first-order valence-electron chi connectivity index (χ1n) is 4.74. The number of hydrogen-bond acceptors (Lipinski definition) is 2. The van der Waals surface area contributed by atoms with E-state index >= 15 is 0 Å². The molecule has 6 heteroatoms. The summed E-state index contributed by atoms with van der Waals surface area (Å²) >= 11 is 16.4. The van der Waals surface area contributed by atoms with Crippen molar-refractivity contribution >= 4 is 40.9 Å². The van der Waals surface area contributed by atoms with Crippen LogP contribution in [0.1, 0.15) is 5.56 Å². The summed E-state index contributed by atoms with van der Waals surface area (Å²) in [5.74, 6) is 0. The van der Waals surface area contributed by atoms with E-state index in [1.807, 2.05) is 30.3 Å². The van der Waals surface area contributed by atoms with Gasteiger partial charge in [-0.25, -0.2) is 4.79 Å². The SMILES string of the molecule is O=C(NCC(Cl)=C(Cl)Cl)OCc1ccccc1. The standard InChI is InChI=1S/C11H10Cl3NO2/c12-9(10(13)14)6-15-11(16)17-7-8-4-2-1-3-5-8/h1-5H,6-7H2,(H,15,16). The van der Waals surface area contributed by atoms with Gasteiger partial charge in [0.05, 0.1) is 11.6 Å². The fourth-order valence-corrected chi connectivity index (χ4v) is 1.19. The fraction of sp³-hybridized carbons (Fsp3) is 0.182. The second-order valence-corrected chi connectivity index (χ2v) is 4.49. The van der Waals surface area contributed by atoms with Crippen LogP contribution in [-0.4, -0.2) is 12.6 Å². The summed E-state index contributed by atoms with van der Waals surface area (Å²) in [4.78, 5) is 11.2. The lowest BCUT2D eigenvalue weighted by molar-refractivity contribution is 0.140. The van der Waals surface area contributed by atoms with Gasteiger partial charge in [0, 0.05) is 0 Å². The number of carbonyl (C=O) groups excluding carboxylic acids is 1. The van der Waals surface area contributed by atoms with Gasteiger partial charge < -0.3 is 10.1 Å². The molecule has 0 atom stereocenters. The van der Waals surface area contributed by atoms with E-state index in [9.17, 15) is 4.79 Å². The maximum absolute atomic E-state index is 11.2. The quantitative estimate of drug-likeness (QED) is 0.917. The third-order valence-electron chi connectivity index (χ3n) is 1.81. The summed E-state index contributed by atoms with van der Waals surface area (Å²) in [6.07, 6.45) is -0.582. The Labute approximate surface area is 114 Å². The summed E-state index contributed by atoms with van der Waals surface area (Å²) in [5, 5.41) is 2.57. The molecule has 3 nitrogen and oxygen atoms in total. The Balaban J connectivity index is 2.29. The van der Waals surface area contributed by atoms with Crippen molar-refractivity contribution in [1.82, 2.24) is 5.32 Å². The number of amides is 1. The van der Waals surface area contributed by atoms with Crippen molar-refractivity contribution in [1.29, 1.82) is 0 Å². The molecule has 0 aliphatic heterocycles. The fourth-order valence-electron chi connectivity index (χ4n) is 0.991. The van der Waals surface area contributed by atoms with Crippen LogP contribution in [0.5, 0.6) is 0 Å². The smallest absolute Gasteiger partial charge is 0.407 e. The van der Waals surface area contributed by atoms with E-state index in [1.165, 1.54) is 0 Å². The minimum atomic E-state index is -0.582. The van der Waals surface area contributed by atoms with Gasteiger partial charge >= 0.3 is 6.09 Å². The highest BCUT2D eigenvalue weighted by molar-refractivity contribution is 6.59. The number of halogens is 3. The van der Waals surface area contributed by atoms with Crippen molar-refractivity contribution in [2.75, 3.05) is 6.54 Å². The molecule has 0 saturated carbocycles. The van der Waals surface area contributed by atoms with Crippen LogP contribution in [0.3, 0.4) is 0 Å². The van der Waals surface area contributed by atoms with Crippen molar-refractivity contribution < 1.29 is 9.53 Å². The molecule has 0 aliphatic carbocycles. The van der Waals surface area contributed by atoms with Gasteiger partial charge in [-0.05, 0) is 5.56 Å². The normalized spacial score (nSPS) is 9.59. The monoisotopic (exact) mass is 293 g/mol. The number of carbonyl (C=O) groups is 1. The molecule has 0 bridgehead atoms. The van der Waals surface area contributed by atoms with Gasteiger partial charge in [0.15, 0.2) is 0 Å². The topological polar surface area (TPSA) is 38.3 Å². The Morgan fingerprint density at radius 3 is 2.41 bits per heavy atom. The first-order valence-corrected chi connectivity index (χ1v) is 5.87. The Morgan fingerprint density at radius 2 is 1.82 bits per heavy atom. The lowest BCUT2D eigenvalue weighted by atomic mass is 10.2. The van der Waals surface area contributed by atoms with Gasteiger partial charge in [0.25, 0.3) is 0 Å². The molecule has 0 unspecified atom stereocenters. The molecular weight excluding hydrogens is 284 g/mol. The van der Waals surface area contributed by atoms with Crippen LogP contribution < -0.4 is 5.32 Å². The average molecular weight is 295 g/mol. The molecule has 0 aromatic heterocycles. The zero-order valence-electron chi connectivity index (χ0n) is 8.75. The van der Waals surface area contributed by atoms with E-state index in [1.54, 1.807) is 0 Å². The molecule has 0 aliphatic rings. The average Bonchev–Trinajstić information content (AvgIpc) is 2.34. The first kappa shape index (κ1) is 14.2. The molecule has 1 amide bonds. The van der Waals surface area contributed by atoms with Crippen LogP contribution in [0.15, 0.2) is 39.9 Å². The lowest BCUT2D eigenvalue weighted by Gasteiger charge is -2.06. The molecule has 17 heavy (non-hydrogen) atoms. The molecule has 1 rings (SSSR count). The largest absolute Gasteiger partial charge is 0.445 e. The van der Waals surface area contributed by atoms with Crippen LogP contribution in [-0.2, 0) is 11.3 Å². The number of alkyl carbamates (subject to hydrolysis) is 1. The maximum atomic E-state index is 11.2. The second kappa shape index (κ2) is 7.43. The van der Waals surface area contributed by atoms with Gasteiger partial charge in [0.1, 0.15) is 11.1 Å². The van der Waals surface area contributed by atoms with Crippen LogP contribution >= 0.6 is 34.8 Å². The lowest BCUT2D eigenvalue weighted by Crippen LogP contribution is -2.25. The van der Waals surface area contributed by atoms with Crippen LogP contribution in [0.25, 0.3) is 0 Å². The van der Waals surface area contributed by atoms with E-state index in [2.05, 4.69) is 5.32 Å². The van der Waals surface area contributed by atoms with Crippen LogP contribution in [0.2, 0.25) is 0 Å². The van der Waals surface area contributed by atoms with Gasteiger partial charge in [-0.2, -0.15) is 0 Å². The van der Waals surface area contributed by atoms with Crippen molar-refractivity contribution in [3.8, 4) is 0 Å². The summed E-state index contributed by atoms with van der Waals surface area (Å²) < 4.78 is 4.87. The molecular formula is C11H10Cl3NO2. The molecule has 92 valence electrons. The number of nitrogens with one attached hydrogen (secondary N) is 1. The second-order valence-electron chi connectivity index (χ2n) is 3.08. The van der Waals surface area contributed by atoms with Gasteiger partial charge in [0.2, 0.25) is 0 Å². The van der Waals surface area contributed by atoms with E-state index in [0.29, 0.717) is 0 Å². The van der Waals surface area contributed by atoms with E-state index in [0.717, 1.165) is 5.56 Å². The molecule has 0 spiro atoms. The number of rotatable bonds is 4. The van der Waals surface area contributed by atoms with E-state index in [4.69, 9.17) is 39.5 Å². The Bertz CT molecular complexity index is 402. The molecule has 1 aromatic rings.